The lowest BCUT2D eigenvalue weighted by Crippen LogP contribution is -2.54. The van der Waals surface area contributed by atoms with E-state index in [1.807, 2.05) is 24.0 Å². The van der Waals surface area contributed by atoms with Gasteiger partial charge < -0.3 is 10.5 Å². The van der Waals surface area contributed by atoms with Crippen LogP contribution >= 0.6 is 0 Å². The standard InChI is InChI=1S/C12H21N3O/c1-15-10(6-9-14-15)4-5-11(13)12(16-2)7-3-8-12/h6,9,11H,3-5,7-8,13H2,1-2H3. The number of methoxy groups -OCH3 is 1. The highest BCUT2D eigenvalue weighted by atomic mass is 16.5. The van der Waals surface area contributed by atoms with Crippen LogP contribution < -0.4 is 5.73 Å². The van der Waals surface area contributed by atoms with E-state index in [0.717, 1.165) is 25.7 Å². The number of ether oxygens (including phenoxy) is 1. The maximum Gasteiger partial charge on any atom is 0.0829 e. The van der Waals surface area contributed by atoms with Crippen LogP contribution in [0.1, 0.15) is 31.4 Å². The quantitative estimate of drug-likeness (QED) is 0.817. The first-order chi connectivity index (χ1) is 7.68. The third kappa shape index (κ3) is 1.99. The summed E-state index contributed by atoms with van der Waals surface area (Å²) in [5.41, 5.74) is 7.43. The molecule has 0 radical (unpaired) electrons. The minimum atomic E-state index is -0.0431. The van der Waals surface area contributed by atoms with Gasteiger partial charge in [-0.05, 0) is 38.2 Å². The zero-order valence-electron chi connectivity index (χ0n) is 10.1. The summed E-state index contributed by atoms with van der Waals surface area (Å²) in [5.74, 6) is 0. The molecular weight excluding hydrogens is 202 g/mol. The molecule has 0 spiro atoms. The highest BCUT2D eigenvalue weighted by Crippen LogP contribution is 2.38. The first kappa shape index (κ1) is 11.6. The average Bonchev–Trinajstić information content (AvgIpc) is 2.60. The molecule has 1 aliphatic carbocycles. The van der Waals surface area contributed by atoms with Gasteiger partial charge in [-0.2, -0.15) is 5.10 Å². The summed E-state index contributed by atoms with van der Waals surface area (Å²) >= 11 is 0. The fourth-order valence-electron chi connectivity index (χ4n) is 2.46. The van der Waals surface area contributed by atoms with Crippen molar-refractivity contribution in [2.75, 3.05) is 7.11 Å². The molecule has 0 bridgehead atoms. The number of aromatic nitrogens is 2. The van der Waals surface area contributed by atoms with E-state index in [-0.39, 0.29) is 11.6 Å². The minimum Gasteiger partial charge on any atom is -0.377 e. The van der Waals surface area contributed by atoms with Crippen LogP contribution in [-0.4, -0.2) is 28.5 Å². The molecule has 16 heavy (non-hydrogen) atoms. The lowest BCUT2D eigenvalue weighted by Gasteiger charge is -2.45. The van der Waals surface area contributed by atoms with Gasteiger partial charge in [0.25, 0.3) is 0 Å². The Morgan fingerprint density at radius 2 is 2.38 bits per heavy atom. The van der Waals surface area contributed by atoms with Crippen LogP contribution in [0.2, 0.25) is 0 Å². The van der Waals surface area contributed by atoms with Crippen LogP contribution in [0.4, 0.5) is 0 Å². The normalized spacial score (nSPS) is 20.4. The topological polar surface area (TPSA) is 53.1 Å². The molecule has 2 rings (SSSR count). The summed E-state index contributed by atoms with van der Waals surface area (Å²) in [7, 11) is 3.75. The van der Waals surface area contributed by atoms with Crippen LogP contribution in [0.25, 0.3) is 0 Å². The van der Waals surface area contributed by atoms with Crippen molar-refractivity contribution >= 4 is 0 Å². The van der Waals surface area contributed by atoms with Crippen molar-refractivity contribution in [3.8, 4) is 0 Å². The number of hydrogen-bond acceptors (Lipinski definition) is 3. The minimum absolute atomic E-state index is 0.0431. The Bertz CT molecular complexity index is 338. The average molecular weight is 223 g/mol. The Morgan fingerprint density at radius 3 is 2.81 bits per heavy atom. The van der Waals surface area contributed by atoms with Crippen molar-refractivity contribution in [1.29, 1.82) is 0 Å². The van der Waals surface area contributed by atoms with Crippen molar-refractivity contribution in [2.45, 2.75) is 43.7 Å². The Labute approximate surface area is 96.8 Å². The fraction of sp³-hybridized carbons (Fsp3) is 0.750. The summed E-state index contributed by atoms with van der Waals surface area (Å²) in [6.07, 6.45) is 7.23. The molecule has 1 atom stereocenters. The molecule has 90 valence electrons. The van der Waals surface area contributed by atoms with Gasteiger partial charge in [0, 0.05) is 32.1 Å². The second-order valence-corrected chi connectivity index (χ2v) is 4.71. The Balaban J connectivity index is 1.88. The number of nitrogens with zero attached hydrogens (tertiary/aromatic N) is 2. The highest BCUT2D eigenvalue weighted by molar-refractivity contribution is 5.04. The maximum atomic E-state index is 6.24. The SMILES string of the molecule is COC1(C(N)CCc2ccnn2C)CCC1. The van der Waals surface area contributed by atoms with Gasteiger partial charge in [0.2, 0.25) is 0 Å². The smallest absolute Gasteiger partial charge is 0.0829 e. The molecule has 1 aliphatic rings. The van der Waals surface area contributed by atoms with Gasteiger partial charge in [0.1, 0.15) is 0 Å². The van der Waals surface area contributed by atoms with Gasteiger partial charge in [-0.3, -0.25) is 4.68 Å². The molecule has 2 N–H and O–H groups in total. The molecule has 1 heterocycles. The van der Waals surface area contributed by atoms with E-state index in [4.69, 9.17) is 10.5 Å². The van der Waals surface area contributed by atoms with Crippen molar-refractivity contribution in [1.82, 2.24) is 9.78 Å². The molecule has 4 nitrogen and oxygen atoms in total. The second-order valence-electron chi connectivity index (χ2n) is 4.71. The molecule has 4 heteroatoms. The van der Waals surface area contributed by atoms with E-state index in [1.165, 1.54) is 12.1 Å². The van der Waals surface area contributed by atoms with Gasteiger partial charge in [-0.25, -0.2) is 0 Å². The summed E-state index contributed by atoms with van der Waals surface area (Å²) in [6, 6.07) is 2.19. The van der Waals surface area contributed by atoms with Gasteiger partial charge in [0.05, 0.1) is 5.60 Å². The van der Waals surface area contributed by atoms with Crippen molar-refractivity contribution in [3.63, 3.8) is 0 Å². The maximum absolute atomic E-state index is 6.24. The highest BCUT2D eigenvalue weighted by Gasteiger charge is 2.42. The van der Waals surface area contributed by atoms with E-state index in [2.05, 4.69) is 5.10 Å². The van der Waals surface area contributed by atoms with Gasteiger partial charge in [0.15, 0.2) is 0 Å². The number of aryl methyl sites for hydroxylation is 2. The Hall–Kier alpha value is -0.870. The molecule has 1 saturated carbocycles. The number of rotatable bonds is 5. The van der Waals surface area contributed by atoms with Gasteiger partial charge in [-0.1, -0.05) is 0 Å². The lowest BCUT2D eigenvalue weighted by molar-refractivity contribution is -0.0913. The van der Waals surface area contributed by atoms with E-state index in [1.54, 1.807) is 7.11 Å². The van der Waals surface area contributed by atoms with E-state index < -0.39 is 0 Å². The van der Waals surface area contributed by atoms with Crippen molar-refractivity contribution < 1.29 is 4.74 Å². The van der Waals surface area contributed by atoms with Crippen molar-refractivity contribution in [2.24, 2.45) is 12.8 Å². The van der Waals surface area contributed by atoms with E-state index in [9.17, 15) is 0 Å². The molecule has 0 aliphatic heterocycles. The first-order valence-electron chi connectivity index (χ1n) is 5.95. The van der Waals surface area contributed by atoms with Crippen LogP contribution in [0.15, 0.2) is 12.3 Å². The molecule has 1 aromatic rings. The molecule has 1 fully saturated rings. The van der Waals surface area contributed by atoms with Gasteiger partial charge in [-0.15, -0.1) is 0 Å². The summed E-state index contributed by atoms with van der Waals surface area (Å²) in [6.45, 7) is 0. The molecule has 0 aromatic carbocycles. The monoisotopic (exact) mass is 223 g/mol. The second kappa shape index (κ2) is 4.55. The summed E-state index contributed by atoms with van der Waals surface area (Å²) in [4.78, 5) is 0. The molecule has 0 amide bonds. The van der Waals surface area contributed by atoms with Gasteiger partial charge >= 0.3 is 0 Å². The third-order valence-corrected chi connectivity index (χ3v) is 3.92. The van der Waals surface area contributed by atoms with Crippen LogP contribution in [-0.2, 0) is 18.2 Å². The summed E-state index contributed by atoms with van der Waals surface area (Å²) < 4.78 is 7.50. The Morgan fingerprint density at radius 1 is 1.62 bits per heavy atom. The zero-order chi connectivity index (χ0) is 11.6. The fourth-order valence-corrected chi connectivity index (χ4v) is 2.46. The molecular formula is C12H21N3O. The predicted molar refractivity (Wildman–Crippen MR) is 63.1 cm³/mol. The third-order valence-electron chi connectivity index (χ3n) is 3.92. The molecule has 1 unspecified atom stereocenters. The van der Waals surface area contributed by atoms with Crippen LogP contribution in [0.3, 0.4) is 0 Å². The summed E-state index contributed by atoms with van der Waals surface area (Å²) in [5, 5.41) is 4.16. The Kier molecular flexibility index (Phi) is 3.30. The first-order valence-corrected chi connectivity index (χ1v) is 5.95. The predicted octanol–water partition coefficient (Wildman–Crippen LogP) is 1.25. The van der Waals surface area contributed by atoms with E-state index in [0.29, 0.717) is 0 Å². The molecule has 1 aromatic heterocycles. The largest absolute Gasteiger partial charge is 0.377 e. The van der Waals surface area contributed by atoms with E-state index >= 15 is 0 Å². The van der Waals surface area contributed by atoms with Crippen LogP contribution in [0, 0.1) is 0 Å². The van der Waals surface area contributed by atoms with Crippen molar-refractivity contribution in [3.05, 3.63) is 18.0 Å². The molecule has 0 saturated heterocycles. The zero-order valence-corrected chi connectivity index (χ0v) is 10.1. The number of hydrogen-bond donors (Lipinski definition) is 1. The lowest BCUT2D eigenvalue weighted by atomic mass is 9.73. The number of nitrogens with two attached hydrogens (primary N) is 1. The van der Waals surface area contributed by atoms with Crippen LogP contribution in [0.5, 0.6) is 0 Å².